The van der Waals surface area contributed by atoms with Gasteiger partial charge in [0, 0.05) is 36.7 Å². The van der Waals surface area contributed by atoms with E-state index in [1.807, 2.05) is 6.92 Å². The van der Waals surface area contributed by atoms with E-state index in [0.29, 0.717) is 23.5 Å². The van der Waals surface area contributed by atoms with E-state index in [9.17, 15) is 23.1 Å². The normalized spacial score (nSPS) is 23.0. The average molecular weight is 510 g/mol. The minimum atomic E-state index is -3.42. The number of benzene rings is 1. The number of fused-ring (bicyclic) bond motifs is 1. The summed E-state index contributed by atoms with van der Waals surface area (Å²) in [5.41, 5.74) is 1.22. The van der Waals surface area contributed by atoms with Crippen LogP contribution < -0.4 is 10.1 Å². The molecule has 1 aliphatic carbocycles. The summed E-state index contributed by atoms with van der Waals surface area (Å²) in [7, 11) is -1.92. The lowest BCUT2D eigenvalue weighted by atomic mass is 9.88. The van der Waals surface area contributed by atoms with Crippen molar-refractivity contribution in [2.24, 2.45) is 11.8 Å². The Kier molecular flexibility index (Phi) is 9.17. The molecule has 196 valence electrons. The first-order chi connectivity index (χ1) is 16.5. The van der Waals surface area contributed by atoms with E-state index in [4.69, 9.17) is 4.74 Å². The first kappa shape index (κ1) is 27.4. The lowest BCUT2D eigenvalue weighted by Gasteiger charge is -2.33. The van der Waals surface area contributed by atoms with Crippen molar-refractivity contribution in [1.82, 2.24) is 9.21 Å². The number of aliphatic hydroxyl groups is 1. The van der Waals surface area contributed by atoms with Gasteiger partial charge in [-0.05, 0) is 38.0 Å². The summed E-state index contributed by atoms with van der Waals surface area (Å²) in [6.45, 7) is 3.95. The predicted octanol–water partition coefficient (Wildman–Crippen LogP) is 2.25. The maximum absolute atomic E-state index is 13.3. The smallest absolute Gasteiger partial charge is 0.227 e. The van der Waals surface area contributed by atoms with Crippen LogP contribution in [-0.2, 0) is 26.0 Å². The molecule has 2 aliphatic rings. The van der Waals surface area contributed by atoms with Gasteiger partial charge in [-0.25, -0.2) is 12.7 Å². The molecule has 3 atom stereocenters. The first-order valence-corrected chi connectivity index (χ1v) is 14.3. The van der Waals surface area contributed by atoms with Gasteiger partial charge in [-0.1, -0.05) is 26.2 Å². The van der Waals surface area contributed by atoms with Gasteiger partial charge in [0.1, 0.15) is 11.9 Å². The van der Waals surface area contributed by atoms with Crippen molar-refractivity contribution in [3.8, 4) is 5.75 Å². The Morgan fingerprint density at radius 1 is 1.29 bits per heavy atom. The Morgan fingerprint density at radius 3 is 2.60 bits per heavy atom. The van der Waals surface area contributed by atoms with Gasteiger partial charge in [-0.15, -0.1) is 0 Å². The molecule has 1 aromatic rings. The van der Waals surface area contributed by atoms with Crippen LogP contribution in [0.5, 0.6) is 5.75 Å². The Bertz CT molecular complexity index is 1010. The van der Waals surface area contributed by atoms with Crippen LogP contribution in [0.4, 0.5) is 5.69 Å². The fourth-order valence-electron chi connectivity index (χ4n) is 4.72. The molecule has 0 bridgehead atoms. The number of aliphatic hydroxyl groups excluding tert-OH is 1. The quantitative estimate of drug-likeness (QED) is 0.582. The summed E-state index contributed by atoms with van der Waals surface area (Å²) >= 11 is 0. The number of nitrogens with zero attached hydrogens (tertiary/aromatic N) is 2. The van der Waals surface area contributed by atoms with Crippen molar-refractivity contribution >= 4 is 27.5 Å². The Labute approximate surface area is 208 Å². The number of amides is 2. The van der Waals surface area contributed by atoms with Crippen LogP contribution in [0, 0.1) is 11.8 Å². The fraction of sp³-hybridized carbons (Fsp3) is 0.680. The van der Waals surface area contributed by atoms with Crippen molar-refractivity contribution in [2.45, 2.75) is 64.5 Å². The van der Waals surface area contributed by atoms with Gasteiger partial charge in [0.15, 0.2) is 0 Å². The van der Waals surface area contributed by atoms with E-state index in [2.05, 4.69) is 5.32 Å². The van der Waals surface area contributed by atoms with Crippen LogP contribution in [0.15, 0.2) is 18.2 Å². The standard InChI is InChI=1S/C25H39N3O6S/c1-17-14-28(18(2)16-29)24(30)13-20-12-21(26-25(31)19-8-6-5-7-9-19)10-11-22(20)34-23(17)15-27(3)35(4,32)33/h10-12,17-19,23,29H,5-9,13-16H2,1-4H3,(H,26,31)/t17-,18-,23+/m1/s1. The van der Waals surface area contributed by atoms with Crippen LogP contribution in [0.3, 0.4) is 0 Å². The molecule has 2 N–H and O–H groups in total. The second-order valence-electron chi connectivity index (χ2n) is 10.1. The molecule has 2 amide bonds. The fourth-order valence-corrected chi connectivity index (χ4v) is 5.14. The molecule has 35 heavy (non-hydrogen) atoms. The second kappa shape index (κ2) is 11.7. The minimum absolute atomic E-state index is 0.00299. The molecule has 0 radical (unpaired) electrons. The van der Waals surface area contributed by atoms with Gasteiger partial charge in [-0.3, -0.25) is 9.59 Å². The third kappa shape index (κ3) is 7.17. The van der Waals surface area contributed by atoms with Crippen molar-refractivity contribution < 1.29 is 27.9 Å². The van der Waals surface area contributed by atoms with Crippen LogP contribution >= 0.6 is 0 Å². The van der Waals surface area contributed by atoms with E-state index < -0.39 is 22.2 Å². The monoisotopic (exact) mass is 509 g/mol. The molecule has 0 unspecified atom stereocenters. The molecule has 1 fully saturated rings. The number of anilines is 1. The maximum Gasteiger partial charge on any atom is 0.227 e. The van der Waals surface area contributed by atoms with E-state index in [1.54, 1.807) is 30.0 Å². The van der Waals surface area contributed by atoms with Crippen molar-refractivity contribution in [1.29, 1.82) is 0 Å². The molecule has 10 heteroatoms. The van der Waals surface area contributed by atoms with Crippen molar-refractivity contribution in [3.63, 3.8) is 0 Å². The van der Waals surface area contributed by atoms with Crippen LogP contribution in [0.25, 0.3) is 0 Å². The highest BCUT2D eigenvalue weighted by molar-refractivity contribution is 7.88. The molecular weight excluding hydrogens is 470 g/mol. The van der Waals surface area contributed by atoms with Gasteiger partial charge in [0.05, 0.1) is 31.9 Å². The van der Waals surface area contributed by atoms with Crippen LogP contribution in [0.2, 0.25) is 0 Å². The third-order valence-electron chi connectivity index (χ3n) is 7.16. The molecule has 1 aromatic carbocycles. The summed E-state index contributed by atoms with van der Waals surface area (Å²) < 4.78 is 31.7. The lowest BCUT2D eigenvalue weighted by Crippen LogP contribution is -2.48. The number of carbonyl (C=O) groups is 2. The number of ether oxygens (including phenoxy) is 1. The summed E-state index contributed by atoms with van der Waals surface area (Å²) in [5.74, 6) is 0.137. The van der Waals surface area contributed by atoms with Crippen LogP contribution in [0.1, 0.15) is 51.5 Å². The van der Waals surface area contributed by atoms with E-state index in [0.717, 1.165) is 31.9 Å². The topological polar surface area (TPSA) is 116 Å². The highest BCUT2D eigenvalue weighted by Gasteiger charge is 2.32. The van der Waals surface area contributed by atoms with Gasteiger partial charge in [0.2, 0.25) is 21.8 Å². The zero-order valence-electron chi connectivity index (χ0n) is 21.2. The summed E-state index contributed by atoms with van der Waals surface area (Å²) in [6, 6.07) is 4.87. The molecule has 1 heterocycles. The van der Waals surface area contributed by atoms with E-state index in [-0.39, 0.29) is 43.2 Å². The summed E-state index contributed by atoms with van der Waals surface area (Å²) in [5, 5.41) is 12.7. The Hall–Kier alpha value is -2.17. The second-order valence-corrected chi connectivity index (χ2v) is 12.2. The van der Waals surface area contributed by atoms with Crippen molar-refractivity contribution in [2.75, 3.05) is 38.3 Å². The number of likely N-dealkylation sites (N-methyl/N-ethyl adjacent to an activating group) is 1. The molecule has 0 aromatic heterocycles. The first-order valence-electron chi connectivity index (χ1n) is 12.4. The zero-order chi connectivity index (χ0) is 25.8. The molecule has 1 saturated carbocycles. The predicted molar refractivity (Wildman–Crippen MR) is 135 cm³/mol. The van der Waals surface area contributed by atoms with Gasteiger partial charge in [-0.2, -0.15) is 0 Å². The minimum Gasteiger partial charge on any atom is -0.488 e. The van der Waals surface area contributed by atoms with Gasteiger partial charge in [0.25, 0.3) is 0 Å². The Morgan fingerprint density at radius 2 is 1.97 bits per heavy atom. The van der Waals surface area contributed by atoms with Gasteiger partial charge < -0.3 is 20.1 Å². The molecular formula is C25H39N3O6S. The average Bonchev–Trinajstić information content (AvgIpc) is 2.86. The maximum atomic E-state index is 13.3. The van der Waals surface area contributed by atoms with Gasteiger partial charge >= 0.3 is 0 Å². The van der Waals surface area contributed by atoms with E-state index in [1.165, 1.54) is 17.8 Å². The number of hydrogen-bond acceptors (Lipinski definition) is 6. The number of carbonyl (C=O) groups excluding carboxylic acids is 2. The highest BCUT2D eigenvalue weighted by atomic mass is 32.2. The van der Waals surface area contributed by atoms with Crippen LogP contribution in [-0.4, -0.2) is 79.7 Å². The molecule has 0 spiro atoms. The summed E-state index contributed by atoms with van der Waals surface area (Å²) in [6.07, 6.45) is 5.74. The highest BCUT2D eigenvalue weighted by Crippen LogP contribution is 2.30. The third-order valence-corrected chi connectivity index (χ3v) is 8.44. The number of nitrogens with one attached hydrogen (secondary N) is 1. The molecule has 9 nitrogen and oxygen atoms in total. The number of sulfonamides is 1. The van der Waals surface area contributed by atoms with E-state index >= 15 is 0 Å². The van der Waals surface area contributed by atoms with Crippen molar-refractivity contribution in [3.05, 3.63) is 23.8 Å². The number of hydrogen-bond donors (Lipinski definition) is 2. The summed E-state index contributed by atoms with van der Waals surface area (Å²) in [4.78, 5) is 27.7. The SMILES string of the molecule is C[C@@H]1CN([C@H](C)CO)C(=O)Cc2cc(NC(=O)C3CCCCC3)ccc2O[C@H]1CN(C)S(C)(=O)=O. The molecule has 1 aliphatic heterocycles. The zero-order valence-corrected chi connectivity index (χ0v) is 22.0. The Balaban J connectivity index is 1.91. The molecule has 3 rings (SSSR count). The largest absolute Gasteiger partial charge is 0.488 e. The molecule has 0 saturated heterocycles. The number of rotatable bonds is 7. The lowest BCUT2D eigenvalue weighted by molar-refractivity contribution is -0.134.